The van der Waals surface area contributed by atoms with Gasteiger partial charge in [-0.2, -0.15) is 13.2 Å². The molecule has 2 aliphatic rings. The topological polar surface area (TPSA) is 115 Å². The number of halogens is 3. The first kappa shape index (κ1) is 22.9. The van der Waals surface area contributed by atoms with Crippen LogP contribution in [-0.4, -0.2) is 67.7 Å². The molecular weight excluding hydrogens is 467 g/mol. The molecule has 4 heterocycles. The van der Waals surface area contributed by atoms with Gasteiger partial charge in [-0.3, -0.25) is 9.69 Å². The van der Waals surface area contributed by atoms with Gasteiger partial charge in [-0.15, -0.1) is 0 Å². The lowest BCUT2D eigenvalue weighted by Crippen LogP contribution is -2.57. The molecule has 2 fully saturated rings. The maximum Gasteiger partial charge on any atom is 0.416 e. The molecule has 1 atom stereocenters. The zero-order valence-corrected chi connectivity index (χ0v) is 18.4. The summed E-state index contributed by atoms with van der Waals surface area (Å²) >= 11 is 0. The van der Waals surface area contributed by atoms with Crippen molar-refractivity contribution in [1.29, 1.82) is 0 Å². The van der Waals surface area contributed by atoms with Gasteiger partial charge in [0.1, 0.15) is 6.54 Å². The minimum Gasteiger partial charge on any atom is -0.371 e. The summed E-state index contributed by atoms with van der Waals surface area (Å²) in [5.41, 5.74) is -0.901. The first-order chi connectivity index (χ1) is 16.7. The lowest BCUT2D eigenvalue weighted by Gasteiger charge is -2.41. The van der Waals surface area contributed by atoms with Gasteiger partial charge in [0.2, 0.25) is 5.91 Å². The van der Waals surface area contributed by atoms with Crippen LogP contribution in [0.4, 0.5) is 29.5 Å². The van der Waals surface area contributed by atoms with Crippen LogP contribution in [0.3, 0.4) is 0 Å². The first-order valence-corrected chi connectivity index (χ1v) is 10.9. The monoisotopic (exact) mass is 489 g/mol. The van der Waals surface area contributed by atoms with Crippen molar-refractivity contribution in [3.63, 3.8) is 0 Å². The van der Waals surface area contributed by atoms with E-state index in [0.29, 0.717) is 37.4 Å². The van der Waals surface area contributed by atoms with Crippen LogP contribution in [0.15, 0.2) is 49.1 Å². The number of aromatic nitrogens is 3. The second-order valence-electron chi connectivity index (χ2n) is 8.61. The Morgan fingerprint density at radius 2 is 1.80 bits per heavy atom. The fourth-order valence-electron chi connectivity index (χ4n) is 4.58. The van der Waals surface area contributed by atoms with E-state index in [0.717, 1.165) is 29.2 Å². The van der Waals surface area contributed by atoms with Crippen LogP contribution in [-0.2, 0) is 11.0 Å². The average Bonchev–Trinajstić information content (AvgIpc) is 3.39. The predicted octanol–water partition coefficient (Wildman–Crippen LogP) is 2.07. The normalized spacial score (nSPS) is 19.9. The molecular formula is C22H22F3N7O3. The number of imidazole rings is 1. The Kier molecular flexibility index (Phi) is 5.50. The molecule has 0 radical (unpaired) electrons. The molecule has 1 spiro atoms. The maximum atomic E-state index is 12.7. The van der Waals surface area contributed by atoms with Crippen molar-refractivity contribution in [2.24, 2.45) is 0 Å². The highest BCUT2D eigenvalue weighted by Gasteiger charge is 2.52. The lowest BCUT2D eigenvalue weighted by atomic mass is 9.86. The van der Waals surface area contributed by atoms with Gasteiger partial charge < -0.3 is 25.0 Å². The van der Waals surface area contributed by atoms with E-state index in [1.165, 1.54) is 0 Å². The minimum absolute atomic E-state index is 0.154. The van der Waals surface area contributed by atoms with Crippen LogP contribution in [0.2, 0.25) is 0 Å². The molecule has 2 aliphatic heterocycles. The quantitative estimate of drug-likeness (QED) is 0.517. The standard InChI is InChI=1S/C22H22F3N7O3/c23-22(24,25)14-1-3-15(4-2-14)28-16(33)13-32-19(34)21(29-20(32)35)5-9-30(10-6-21)17-18-27-8-12-31(18)11-7-26-17/h1-4,7-8,11-12,19,34H,5-6,9-10,13H2,(H,28,33)(H,29,35). The summed E-state index contributed by atoms with van der Waals surface area (Å²) < 4.78 is 40.0. The van der Waals surface area contributed by atoms with E-state index in [9.17, 15) is 27.9 Å². The van der Waals surface area contributed by atoms with Crippen LogP contribution >= 0.6 is 0 Å². The van der Waals surface area contributed by atoms with Crippen molar-refractivity contribution >= 4 is 29.1 Å². The van der Waals surface area contributed by atoms with Gasteiger partial charge >= 0.3 is 12.2 Å². The van der Waals surface area contributed by atoms with E-state index in [1.807, 2.05) is 15.5 Å². The summed E-state index contributed by atoms with van der Waals surface area (Å²) in [5.74, 6) is 0.0718. The number of carbonyl (C=O) groups excluding carboxylic acids is 2. The molecule has 0 saturated carbocycles. The molecule has 3 amide bonds. The Morgan fingerprint density at radius 3 is 2.46 bits per heavy atom. The van der Waals surface area contributed by atoms with Crippen molar-refractivity contribution in [1.82, 2.24) is 24.6 Å². The van der Waals surface area contributed by atoms with Gasteiger partial charge in [-0.25, -0.2) is 14.8 Å². The molecule has 1 unspecified atom stereocenters. The van der Waals surface area contributed by atoms with Crippen LogP contribution < -0.4 is 15.5 Å². The summed E-state index contributed by atoms with van der Waals surface area (Å²) in [5, 5.41) is 16.2. The zero-order valence-electron chi connectivity index (χ0n) is 18.4. The highest BCUT2D eigenvalue weighted by molar-refractivity contribution is 5.95. The molecule has 10 nitrogen and oxygen atoms in total. The second kappa shape index (κ2) is 8.41. The second-order valence-corrected chi connectivity index (χ2v) is 8.61. The van der Waals surface area contributed by atoms with Crippen molar-refractivity contribution in [3.8, 4) is 0 Å². The van der Waals surface area contributed by atoms with Crippen molar-refractivity contribution < 1.29 is 27.9 Å². The molecule has 3 N–H and O–H groups in total. The molecule has 35 heavy (non-hydrogen) atoms. The first-order valence-electron chi connectivity index (χ1n) is 10.9. The molecule has 1 aromatic carbocycles. The van der Waals surface area contributed by atoms with Gasteiger partial charge in [-0.05, 0) is 37.1 Å². The van der Waals surface area contributed by atoms with Gasteiger partial charge in [0.25, 0.3) is 0 Å². The number of hydrogen-bond acceptors (Lipinski definition) is 6. The zero-order chi connectivity index (χ0) is 24.8. The van der Waals surface area contributed by atoms with Crippen LogP contribution in [0, 0.1) is 0 Å². The number of amides is 3. The summed E-state index contributed by atoms with van der Waals surface area (Å²) in [6.45, 7) is 0.555. The Morgan fingerprint density at radius 1 is 1.14 bits per heavy atom. The third kappa shape index (κ3) is 4.22. The number of anilines is 2. The number of hydrogen-bond donors (Lipinski definition) is 3. The van der Waals surface area contributed by atoms with Crippen LogP contribution in [0.1, 0.15) is 18.4 Å². The molecule has 184 valence electrons. The van der Waals surface area contributed by atoms with Crippen molar-refractivity contribution in [2.75, 3.05) is 29.9 Å². The summed E-state index contributed by atoms with van der Waals surface area (Å²) in [7, 11) is 0. The Bertz CT molecular complexity index is 1250. The van der Waals surface area contributed by atoms with Gasteiger partial charge in [0.15, 0.2) is 17.7 Å². The molecule has 5 rings (SSSR count). The minimum atomic E-state index is -4.48. The smallest absolute Gasteiger partial charge is 0.371 e. The van der Waals surface area contributed by atoms with Crippen LogP contribution in [0.25, 0.3) is 5.65 Å². The SMILES string of the molecule is O=C(CN1C(=O)NC2(CCN(c3nccn4ccnc34)CC2)C1O)Nc1ccc(C(F)(F)F)cc1. The number of benzene rings is 1. The number of urea groups is 1. The predicted molar refractivity (Wildman–Crippen MR) is 118 cm³/mol. The number of alkyl halides is 3. The third-order valence-corrected chi connectivity index (χ3v) is 6.46. The maximum absolute atomic E-state index is 12.7. The Labute approximate surface area is 197 Å². The molecule has 13 heteroatoms. The number of aliphatic hydroxyl groups is 1. The van der Waals surface area contributed by atoms with Crippen molar-refractivity contribution in [3.05, 3.63) is 54.6 Å². The van der Waals surface area contributed by atoms with E-state index < -0.39 is 42.0 Å². The number of piperidine rings is 1. The Balaban J connectivity index is 1.22. The van der Waals surface area contributed by atoms with E-state index in [-0.39, 0.29) is 5.69 Å². The van der Waals surface area contributed by atoms with E-state index >= 15 is 0 Å². The molecule has 2 saturated heterocycles. The number of carbonyl (C=O) groups is 2. The lowest BCUT2D eigenvalue weighted by molar-refractivity contribution is -0.137. The molecule has 3 aromatic rings. The Hall–Kier alpha value is -3.87. The summed E-state index contributed by atoms with van der Waals surface area (Å²) in [6, 6.07) is 3.39. The number of rotatable bonds is 4. The summed E-state index contributed by atoms with van der Waals surface area (Å²) in [4.78, 5) is 36.9. The number of nitrogens with zero attached hydrogens (tertiary/aromatic N) is 5. The third-order valence-electron chi connectivity index (χ3n) is 6.46. The number of aliphatic hydroxyl groups excluding tert-OH is 1. The highest BCUT2D eigenvalue weighted by atomic mass is 19.4. The van der Waals surface area contributed by atoms with E-state index in [1.54, 1.807) is 18.6 Å². The fourth-order valence-corrected chi connectivity index (χ4v) is 4.58. The van der Waals surface area contributed by atoms with Crippen molar-refractivity contribution in [2.45, 2.75) is 30.8 Å². The van der Waals surface area contributed by atoms with Gasteiger partial charge in [0.05, 0.1) is 11.1 Å². The number of nitrogens with one attached hydrogen (secondary N) is 2. The number of fused-ring (bicyclic) bond motifs is 1. The molecule has 0 aliphatic carbocycles. The molecule has 0 bridgehead atoms. The van der Waals surface area contributed by atoms with E-state index in [2.05, 4.69) is 20.6 Å². The molecule has 2 aromatic heterocycles. The largest absolute Gasteiger partial charge is 0.416 e. The average molecular weight is 489 g/mol. The fraction of sp³-hybridized carbons (Fsp3) is 0.364. The van der Waals surface area contributed by atoms with Gasteiger partial charge in [-0.1, -0.05) is 0 Å². The van der Waals surface area contributed by atoms with Gasteiger partial charge in [0, 0.05) is 43.6 Å². The summed E-state index contributed by atoms with van der Waals surface area (Å²) in [6.07, 6.45) is 2.09. The van der Waals surface area contributed by atoms with Crippen LogP contribution in [0.5, 0.6) is 0 Å². The highest BCUT2D eigenvalue weighted by Crippen LogP contribution is 2.34. The van der Waals surface area contributed by atoms with E-state index in [4.69, 9.17) is 0 Å².